The predicted octanol–water partition coefficient (Wildman–Crippen LogP) is -0.0225. The standard InChI is InChI=1S/C9H14N6O2S/c1-9(2,10)6-11-5(17-14-6)4-18-8-13-12-7(16)15(8)3/h4,10H2,1-3H3,(H,12,16). The molecule has 0 spiro atoms. The molecule has 0 saturated carbocycles. The van der Waals surface area contributed by atoms with Gasteiger partial charge in [-0.2, -0.15) is 4.98 Å². The van der Waals surface area contributed by atoms with Gasteiger partial charge in [-0.3, -0.25) is 4.57 Å². The molecule has 0 aliphatic carbocycles. The number of nitrogens with one attached hydrogen (secondary N) is 1. The summed E-state index contributed by atoms with van der Waals surface area (Å²) in [6.45, 7) is 3.60. The normalized spacial score (nSPS) is 12.0. The quantitative estimate of drug-likeness (QED) is 0.750. The molecule has 0 aliphatic rings. The number of H-pyrrole nitrogens is 1. The van der Waals surface area contributed by atoms with E-state index in [0.717, 1.165) is 0 Å². The van der Waals surface area contributed by atoms with Crippen LogP contribution in [0.25, 0.3) is 0 Å². The molecule has 2 aromatic rings. The Bertz CT molecular complexity index is 593. The summed E-state index contributed by atoms with van der Waals surface area (Å²) in [7, 11) is 1.64. The summed E-state index contributed by atoms with van der Waals surface area (Å²) in [4.78, 5) is 15.3. The maximum absolute atomic E-state index is 11.2. The van der Waals surface area contributed by atoms with Crippen LogP contribution in [-0.2, 0) is 18.3 Å². The molecule has 2 rings (SSSR count). The number of rotatable bonds is 4. The van der Waals surface area contributed by atoms with E-state index in [4.69, 9.17) is 10.3 Å². The van der Waals surface area contributed by atoms with E-state index in [0.29, 0.717) is 22.6 Å². The number of hydrogen-bond acceptors (Lipinski definition) is 7. The van der Waals surface area contributed by atoms with Crippen LogP contribution in [0.1, 0.15) is 25.6 Å². The second-order valence-corrected chi connectivity index (χ2v) is 5.33. The predicted molar refractivity (Wildman–Crippen MR) is 64.9 cm³/mol. The second-order valence-electron chi connectivity index (χ2n) is 4.39. The molecule has 0 fully saturated rings. The highest BCUT2D eigenvalue weighted by Gasteiger charge is 2.21. The minimum atomic E-state index is -0.633. The maximum Gasteiger partial charge on any atom is 0.343 e. The summed E-state index contributed by atoms with van der Waals surface area (Å²) < 4.78 is 6.48. The molecule has 0 unspecified atom stereocenters. The monoisotopic (exact) mass is 270 g/mol. The SMILES string of the molecule is Cn1c(SCc2nc(C(C)(C)N)no2)n[nH]c1=O. The third-order valence-electron chi connectivity index (χ3n) is 2.21. The summed E-state index contributed by atoms with van der Waals surface area (Å²) in [6.07, 6.45) is 0. The lowest BCUT2D eigenvalue weighted by Crippen LogP contribution is -2.30. The highest BCUT2D eigenvalue weighted by atomic mass is 32.2. The Kier molecular flexibility index (Phi) is 3.26. The van der Waals surface area contributed by atoms with Crippen molar-refractivity contribution in [3.63, 3.8) is 0 Å². The number of aromatic nitrogens is 5. The van der Waals surface area contributed by atoms with E-state index in [2.05, 4.69) is 20.3 Å². The molecule has 3 N–H and O–H groups in total. The van der Waals surface area contributed by atoms with Crippen LogP contribution in [0.5, 0.6) is 0 Å². The number of aromatic amines is 1. The molecular weight excluding hydrogens is 256 g/mol. The first-order chi connectivity index (χ1) is 8.38. The number of hydrogen-bond donors (Lipinski definition) is 2. The van der Waals surface area contributed by atoms with E-state index in [1.807, 2.05) is 0 Å². The molecule has 0 amide bonds. The fraction of sp³-hybridized carbons (Fsp3) is 0.556. The van der Waals surface area contributed by atoms with Crippen LogP contribution in [0, 0.1) is 0 Å². The van der Waals surface area contributed by atoms with Crippen molar-refractivity contribution < 1.29 is 4.52 Å². The van der Waals surface area contributed by atoms with Gasteiger partial charge >= 0.3 is 5.69 Å². The highest BCUT2D eigenvalue weighted by Crippen LogP contribution is 2.19. The van der Waals surface area contributed by atoms with Gasteiger partial charge in [-0.05, 0) is 13.8 Å². The van der Waals surface area contributed by atoms with Gasteiger partial charge in [-0.15, -0.1) is 5.10 Å². The molecule has 9 heteroatoms. The first-order valence-corrected chi connectivity index (χ1v) is 6.22. The minimum Gasteiger partial charge on any atom is -0.338 e. The first-order valence-electron chi connectivity index (χ1n) is 5.24. The topological polar surface area (TPSA) is 116 Å². The van der Waals surface area contributed by atoms with Gasteiger partial charge in [-0.1, -0.05) is 16.9 Å². The van der Waals surface area contributed by atoms with Crippen molar-refractivity contribution in [2.45, 2.75) is 30.3 Å². The van der Waals surface area contributed by atoms with Crippen molar-refractivity contribution in [2.75, 3.05) is 0 Å². The Morgan fingerprint density at radius 1 is 1.56 bits per heavy atom. The summed E-state index contributed by atoms with van der Waals surface area (Å²) in [6, 6.07) is 0. The third kappa shape index (κ3) is 2.62. The molecule has 18 heavy (non-hydrogen) atoms. The van der Waals surface area contributed by atoms with Crippen molar-refractivity contribution >= 4 is 11.8 Å². The van der Waals surface area contributed by atoms with Gasteiger partial charge < -0.3 is 10.3 Å². The van der Waals surface area contributed by atoms with Gasteiger partial charge in [0, 0.05) is 7.05 Å². The van der Waals surface area contributed by atoms with E-state index < -0.39 is 5.54 Å². The Balaban J connectivity index is 2.05. The lowest BCUT2D eigenvalue weighted by Gasteiger charge is -2.11. The third-order valence-corrected chi connectivity index (χ3v) is 3.22. The van der Waals surface area contributed by atoms with E-state index in [1.165, 1.54) is 16.3 Å². The molecule has 0 aliphatic heterocycles. The molecule has 0 aromatic carbocycles. The molecule has 0 atom stereocenters. The second kappa shape index (κ2) is 4.58. The number of thioether (sulfide) groups is 1. The molecule has 0 bridgehead atoms. The summed E-state index contributed by atoms with van der Waals surface area (Å²) in [5.41, 5.74) is 4.96. The molecule has 8 nitrogen and oxygen atoms in total. The molecule has 98 valence electrons. The fourth-order valence-electron chi connectivity index (χ4n) is 1.16. The van der Waals surface area contributed by atoms with Crippen LogP contribution < -0.4 is 11.4 Å². The first kappa shape index (κ1) is 12.8. The van der Waals surface area contributed by atoms with Gasteiger partial charge in [0.15, 0.2) is 11.0 Å². The highest BCUT2D eigenvalue weighted by molar-refractivity contribution is 7.98. The van der Waals surface area contributed by atoms with Crippen molar-refractivity contribution in [2.24, 2.45) is 12.8 Å². The fourth-order valence-corrected chi connectivity index (χ4v) is 1.92. The summed E-state index contributed by atoms with van der Waals surface area (Å²) in [5, 5.41) is 10.6. The lowest BCUT2D eigenvalue weighted by atomic mass is 10.1. The van der Waals surface area contributed by atoms with Gasteiger partial charge in [-0.25, -0.2) is 9.89 Å². The molecule has 0 saturated heterocycles. The van der Waals surface area contributed by atoms with E-state index in [-0.39, 0.29) is 5.69 Å². The zero-order valence-corrected chi connectivity index (χ0v) is 11.1. The van der Waals surface area contributed by atoms with E-state index in [1.54, 1.807) is 20.9 Å². The summed E-state index contributed by atoms with van der Waals surface area (Å²) in [5.74, 6) is 1.33. The van der Waals surface area contributed by atoms with Crippen molar-refractivity contribution in [3.8, 4) is 0 Å². The number of nitrogens with zero attached hydrogens (tertiary/aromatic N) is 4. The zero-order chi connectivity index (χ0) is 13.3. The average molecular weight is 270 g/mol. The van der Waals surface area contributed by atoms with E-state index in [9.17, 15) is 4.79 Å². The van der Waals surface area contributed by atoms with Crippen LogP contribution in [0.15, 0.2) is 14.5 Å². The van der Waals surface area contributed by atoms with Crippen molar-refractivity contribution in [1.82, 2.24) is 24.9 Å². The molecule has 2 heterocycles. The Morgan fingerprint density at radius 2 is 2.28 bits per heavy atom. The van der Waals surface area contributed by atoms with Crippen molar-refractivity contribution in [3.05, 3.63) is 22.2 Å². The van der Waals surface area contributed by atoms with Crippen LogP contribution in [0.3, 0.4) is 0 Å². The van der Waals surface area contributed by atoms with Gasteiger partial charge in [0.2, 0.25) is 5.89 Å². The van der Waals surface area contributed by atoms with Gasteiger partial charge in [0.05, 0.1) is 11.3 Å². The Labute approximate surface area is 107 Å². The van der Waals surface area contributed by atoms with Gasteiger partial charge in [0.1, 0.15) is 0 Å². The van der Waals surface area contributed by atoms with Crippen LogP contribution in [0.2, 0.25) is 0 Å². The van der Waals surface area contributed by atoms with Crippen LogP contribution in [-0.4, -0.2) is 24.9 Å². The summed E-state index contributed by atoms with van der Waals surface area (Å²) >= 11 is 1.33. The zero-order valence-electron chi connectivity index (χ0n) is 10.3. The Morgan fingerprint density at radius 3 is 2.78 bits per heavy atom. The van der Waals surface area contributed by atoms with Crippen LogP contribution in [0.4, 0.5) is 0 Å². The maximum atomic E-state index is 11.2. The molecular formula is C9H14N6O2S. The smallest absolute Gasteiger partial charge is 0.338 e. The van der Waals surface area contributed by atoms with Crippen LogP contribution >= 0.6 is 11.8 Å². The number of nitrogens with two attached hydrogens (primary N) is 1. The lowest BCUT2D eigenvalue weighted by molar-refractivity contribution is 0.369. The molecule has 0 radical (unpaired) electrons. The average Bonchev–Trinajstić information content (AvgIpc) is 2.86. The largest absolute Gasteiger partial charge is 0.343 e. The minimum absolute atomic E-state index is 0.258. The Hall–Kier alpha value is -1.61. The van der Waals surface area contributed by atoms with Gasteiger partial charge in [0.25, 0.3) is 0 Å². The molecule has 2 aromatic heterocycles. The van der Waals surface area contributed by atoms with Crippen molar-refractivity contribution in [1.29, 1.82) is 0 Å². The van der Waals surface area contributed by atoms with E-state index >= 15 is 0 Å².